The van der Waals surface area contributed by atoms with Gasteiger partial charge in [0.1, 0.15) is 6.54 Å². The van der Waals surface area contributed by atoms with Crippen molar-refractivity contribution < 1.29 is 4.52 Å². The van der Waals surface area contributed by atoms with Gasteiger partial charge in [0.05, 0.1) is 5.69 Å². The average molecular weight is 468 g/mol. The topological polar surface area (TPSA) is 62.5 Å². The lowest BCUT2D eigenvalue weighted by Gasteiger charge is -2.43. The number of aryl methyl sites for hydroxylation is 1. The molecule has 1 aromatic heterocycles. The second-order valence-electron chi connectivity index (χ2n) is 6.69. The molecule has 0 aliphatic heterocycles. The molecule has 1 aromatic carbocycles. The molecule has 0 spiro atoms. The summed E-state index contributed by atoms with van der Waals surface area (Å²) in [4.78, 5) is 4.65. The fourth-order valence-electron chi connectivity index (χ4n) is 3.31. The van der Waals surface area contributed by atoms with Crippen LogP contribution in [0.25, 0.3) is 0 Å². The van der Waals surface area contributed by atoms with Gasteiger partial charge < -0.3 is 15.2 Å². The van der Waals surface area contributed by atoms with Gasteiger partial charge in [-0.3, -0.25) is 0 Å². The van der Waals surface area contributed by atoms with E-state index in [4.69, 9.17) is 4.52 Å². The molecule has 1 fully saturated rings. The predicted molar refractivity (Wildman–Crippen MR) is 116 cm³/mol. The van der Waals surface area contributed by atoms with Gasteiger partial charge in [-0.1, -0.05) is 48.8 Å². The highest BCUT2D eigenvalue weighted by Gasteiger charge is 2.38. The molecule has 0 saturated heterocycles. The van der Waals surface area contributed by atoms with E-state index in [-0.39, 0.29) is 29.4 Å². The van der Waals surface area contributed by atoms with Crippen LogP contribution in [-0.4, -0.2) is 24.2 Å². The number of rotatable bonds is 7. The molecule has 2 N–H and O–H groups in total. The molecule has 1 saturated carbocycles. The zero-order chi connectivity index (χ0) is 17.5. The third-order valence-corrected chi connectivity index (χ3v) is 5.00. The zero-order valence-electron chi connectivity index (χ0n) is 15.6. The number of halogens is 1. The normalized spacial score (nSPS) is 15.7. The van der Waals surface area contributed by atoms with Gasteiger partial charge in [0.2, 0.25) is 0 Å². The van der Waals surface area contributed by atoms with E-state index in [1.54, 1.807) is 0 Å². The van der Waals surface area contributed by atoms with Gasteiger partial charge in [-0.2, -0.15) is 0 Å². The number of hydrogen-bond donors (Lipinski definition) is 2. The highest BCUT2D eigenvalue weighted by molar-refractivity contribution is 14.0. The monoisotopic (exact) mass is 468 g/mol. The van der Waals surface area contributed by atoms with Gasteiger partial charge in [-0.15, -0.1) is 24.0 Å². The molecule has 0 unspecified atom stereocenters. The number of benzene rings is 1. The minimum atomic E-state index is 0. The quantitative estimate of drug-likeness (QED) is 0.366. The summed E-state index contributed by atoms with van der Waals surface area (Å²) in [6, 6.07) is 12.8. The Balaban J connectivity index is 0.00000243. The zero-order valence-corrected chi connectivity index (χ0v) is 18.0. The predicted octanol–water partition coefficient (Wildman–Crippen LogP) is 4.03. The summed E-state index contributed by atoms with van der Waals surface area (Å²) in [5, 5.41) is 10.9. The van der Waals surface area contributed by atoms with Crippen LogP contribution >= 0.6 is 24.0 Å². The average Bonchev–Trinajstić information content (AvgIpc) is 3.07. The number of nitrogens with zero attached hydrogens (tertiary/aromatic N) is 2. The molecule has 0 amide bonds. The molecule has 1 aliphatic carbocycles. The molecule has 26 heavy (non-hydrogen) atoms. The Morgan fingerprint density at radius 2 is 1.96 bits per heavy atom. The largest absolute Gasteiger partial charge is 0.359 e. The summed E-state index contributed by atoms with van der Waals surface area (Å²) < 4.78 is 5.32. The molecule has 0 bridgehead atoms. The lowest BCUT2D eigenvalue weighted by atomic mass is 9.64. The molecule has 5 nitrogen and oxygen atoms in total. The number of aromatic nitrogens is 1. The second kappa shape index (κ2) is 9.94. The van der Waals surface area contributed by atoms with Crippen molar-refractivity contribution in [3.05, 3.63) is 53.4 Å². The van der Waals surface area contributed by atoms with Crippen LogP contribution in [0.1, 0.15) is 50.1 Å². The smallest absolute Gasteiger partial charge is 0.191 e. The Bertz CT molecular complexity index is 695. The Morgan fingerprint density at radius 1 is 1.19 bits per heavy atom. The molecule has 1 heterocycles. The van der Waals surface area contributed by atoms with Crippen LogP contribution < -0.4 is 10.6 Å². The van der Waals surface area contributed by atoms with Gasteiger partial charge in [0, 0.05) is 24.6 Å². The molecule has 142 valence electrons. The first-order chi connectivity index (χ1) is 12.3. The number of nitrogens with one attached hydrogen (secondary N) is 2. The van der Waals surface area contributed by atoms with Crippen LogP contribution in [0.4, 0.5) is 0 Å². The van der Waals surface area contributed by atoms with Crippen molar-refractivity contribution in [2.45, 2.75) is 51.5 Å². The molecule has 6 heteroatoms. The van der Waals surface area contributed by atoms with Gasteiger partial charge in [0.15, 0.2) is 11.7 Å². The Hall–Kier alpha value is -1.57. The van der Waals surface area contributed by atoms with Crippen molar-refractivity contribution in [1.82, 2.24) is 15.8 Å². The van der Waals surface area contributed by atoms with Crippen LogP contribution in [0.3, 0.4) is 0 Å². The molecule has 2 aromatic rings. The highest BCUT2D eigenvalue weighted by Crippen LogP contribution is 2.43. The van der Waals surface area contributed by atoms with E-state index in [9.17, 15) is 0 Å². The summed E-state index contributed by atoms with van der Waals surface area (Å²) in [5.41, 5.74) is 2.63. The summed E-state index contributed by atoms with van der Waals surface area (Å²) >= 11 is 0. The Kier molecular flexibility index (Phi) is 7.93. The van der Waals surface area contributed by atoms with E-state index in [2.05, 4.69) is 65.0 Å². The van der Waals surface area contributed by atoms with Crippen LogP contribution in [-0.2, 0) is 18.4 Å². The Morgan fingerprint density at radius 3 is 2.54 bits per heavy atom. The summed E-state index contributed by atoms with van der Waals surface area (Å²) in [6.45, 7) is 6.39. The van der Waals surface area contributed by atoms with Crippen molar-refractivity contribution in [3.63, 3.8) is 0 Å². The molecule has 1 aliphatic rings. The van der Waals surface area contributed by atoms with Crippen molar-refractivity contribution in [1.29, 1.82) is 0 Å². The third-order valence-electron chi connectivity index (χ3n) is 5.00. The van der Waals surface area contributed by atoms with E-state index < -0.39 is 0 Å². The molecular weight excluding hydrogens is 439 g/mol. The summed E-state index contributed by atoms with van der Waals surface area (Å²) in [7, 11) is 0. The third kappa shape index (κ3) is 4.99. The van der Waals surface area contributed by atoms with E-state index in [1.807, 2.05) is 6.07 Å². The van der Waals surface area contributed by atoms with Crippen molar-refractivity contribution in [2.75, 3.05) is 13.1 Å². The van der Waals surface area contributed by atoms with Crippen LogP contribution in [0.15, 0.2) is 45.9 Å². The first kappa shape index (κ1) is 20.7. The minimum absolute atomic E-state index is 0. The maximum absolute atomic E-state index is 5.32. The van der Waals surface area contributed by atoms with Crippen LogP contribution in [0.5, 0.6) is 0 Å². The summed E-state index contributed by atoms with van der Waals surface area (Å²) in [6.07, 6.45) is 4.63. The first-order valence-electron chi connectivity index (χ1n) is 9.28. The van der Waals surface area contributed by atoms with E-state index in [1.165, 1.54) is 24.8 Å². The minimum Gasteiger partial charge on any atom is -0.359 e. The maximum Gasteiger partial charge on any atom is 0.191 e. The van der Waals surface area contributed by atoms with Crippen LogP contribution in [0.2, 0.25) is 0 Å². The number of guanidine groups is 1. The van der Waals surface area contributed by atoms with Crippen molar-refractivity contribution in [3.8, 4) is 0 Å². The van der Waals surface area contributed by atoms with Crippen molar-refractivity contribution >= 4 is 29.9 Å². The molecular formula is C20H29IN4O. The second-order valence-corrected chi connectivity index (χ2v) is 6.69. The SMILES string of the molecule is CCNC(=NCc1cc(CC)no1)NCC1(c2ccccc2)CCC1.I. The van der Waals surface area contributed by atoms with Gasteiger partial charge in [-0.25, -0.2) is 4.99 Å². The fourth-order valence-corrected chi connectivity index (χ4v) is 3.31. The highest BCUT2D eigenvalue weighted by atomic mass is 127. The lowest BCUT2D eigenvalue weighted by molar-refractivity contribution is 0.244. The van der Waals surface area contributed by atoms with E-state index in [0.29, 0.717) is 6.54 Å². The summed E-state index contributed by atoms with van der Waals surface area (Å²) in [5.74, 6) is 1.63. The van der Waals surface area contributed by atoms with E-state index in [0.717, 1.165) is 36.9 Å². The van der Waals surface area contributed by atoms with Crippen molar-refractivity contribution in [2.24, 2.45) is 4.99 Å². The first-order valence-corrected chi connectivity index (χ1v) is 9.28. The van der Waals surface area contributed by atoms with Crippen LogP contribution in [0, 0.1) is 0 Å². The van der Waals surface area contributed by atoms with E-state index >= 15 is 0 Å². The van der Waals surface area contributed by atoms with Gasteiger partial charge in [0.25, 0.3) is 0 Å². The number of aliphatic imine (C=N–C) groups is 1. The van der Waals surface area contributed by atoms with Gasteiger partial charge >= 0.3 is 0 Å². The molecule has 0 radical (unpaired) electrons. The Labute approximate surface area is 173 Å². The van der Waals surface area contributed by atoms with Gasteiger partial charge in [-0.05, 0) is 31.7 Å². The standard InChI is InChI=1S/C20H28N4O.HI/c1-3-17-13-18(25-24-17)14-22-19(21-4-2)23-15-20(11-8-12-20)16-9-6-5-7-10-16;/h5-7,9-10,13H,3-4,8,11-12,14-15H2,1-2H3,(H2,21,22,23);1H. The molecule has 3 rings (SSSR count). The fraction of sp³-hybridized carbons (Fsp3) is 0.500. The maximum atomic E-state index is 5.32. The molecule has 0 atom stereocenters. The number of hydrogen-bond acceptors (Lipinski definition) is 3. The lowest BCUT2D eigenvalue weighted by Crippen LogP contribution is -2.48.